The van der Waals surface area contributed by atoms with Gasteiger partial charge >= 0.3 is 5.97 Å². The lowest BCUT2D eigenvalue weighted by Crippen LogP contribution is -2.40. The molecule has 120 valence electrons. The number of carboxylic acids is 1. The van der Waals surface area contributed by atoms with E-state index >= 15 is 0 Å². The molecule has 1 aromatic rings. The average molecular weight is 311 g/mol. The van der Waals surface area contributed by atoms with Gasteiger partial charge in [-0.1, -0.05) is 12.1 Å². The van der Waals surface area contributed by atoms with Crippen LogP contribution in [-0.4, -0.2) is 35.0 Å². The molecular weight excluding hydrogens is 292 g/mol. The Morgan fingerprint density at radius 2 is 2.14 bits per heavy atom. The van der Waals surface area contributed by atoms with E-state index in [0.717, 1.165) is 12.8 Å². The molecule has 1 saturated heterocycles. The first-order valence-corrected chi connectivity index (χ1v) is 7.36. The van der Waals surface area contributed by atoms with E-state index < -0.39 is 12.4 Å². The zero-order valence-electron chi connectivity index (χ0n) is 12.2. The number of halogens is 2. The first-order valence-electron chi connectivity index (χ1n) is 7.36. The lowest BCUT2D eigenvalue weighted by molar-refractivity contribution is -0.137. The van der Waals surface area contributed by atoms with Crippen LogP contribution in [-0.2, 0) is 4.79 Å². The molecule has 1 N–H and O–H groups in total. The highest BCUT2D eigenvalue weighted by Crippen LogP contribution is 2.24. The van der Waals surface area contributed by atoms with E-state index in [0.29, 0.717) is 19.5 Å². The van der Waals surface area contributed by atoms with Crippen LogP contribution in [0.25, 0.3) is 0 Å². The minimum atomic E-state index is -2.60. The highest BCUT2D eigenvalue weighted by molar-refractivity contribution is 5.94. The normalized spacial score (nSPS) is 18.5. The van der Waals surface area contributed by atoms with Crippen molar-refractivity contribution in [3.8, 4) is 0 Å². The van der Waals surface area contributed by atoms with Crippen molar-refractivity contribution in [1.82, 2.24) is 4.90 Å². The maximum Gasteiger partial charge on any atom is 0.303 e. The molecule has 2 rings (SSSR count). The Labute approximate surface area is 127 Å². The number of benzene rings is 1. The maximum absolute atomic E-state index is 12.7. The molecule has 6 heteroatoms. The SMILES string of the molecule is O=C(O)CCC1CCCN(C(=O)c2cccc(C(F)F)c2)C1. The minimum absolute atomic E-state index is 0.0908. The van der Waals surface area contributed by atoms with Gasteiger partial charge in [0.05, 0.1) is 0 Å². The van der Waals surface area contributed by atoms with E-state index in [1.807, 2.05) is 0 Å². The lowest BCUT2D eigenvalue weighted by Gasteiger charge is -2.32. The molecule has 1 heterocycles. The molecule has 1 aliphatic rings. The molecule has 0 saturated carbocycles. The molecule has 22 heavy (non-hydrogen) atoms. The average Bonchev–Trinajstić information content (AvgIpc) is 2.52. The molecule has 0 aliphatic carbocycles. The smallest absolute Gasteiger partial charge is 0.303 e. The van der Waals surface area contributed by atoms with E-state index in [-0.39, 0.29) is 29.4 Å². The summed E-state index contributed by atoms with van der Waals surface area (Å²) in [6.45, 7) is 1.08. The molecule has 1 amide bonds. The Balaban J connectivity index is 2.02. The number of carbonyl (C=O) groups excluding carboxylic acids is 1. The van der Waals surface area contributed by atoms with Gasteiger partial charge in [-0.2, -0.15) is 0 Å². The quantitative estimate of drug-likeness (QED) is 0.907. The summed E-state index contributed by atoms with van der Waals surface area (Å²) in [5.74, 6) is -0.942. The van der Waals surface area contributed by atoms with Gasteiger partial charge < -0.3 is 10.0 Å². The number of nitrogens with zero attached hydrogens (tertiary/aromatic N) is 1. The van der Waals surface area contributed by atoms with Crippen LogP contribution in [0.15, 0.2) is 24.3 Å². The van der Waals surface area contributed by atoms with Crippen molar-refractivity contribution >= 4 is 11.9 Å². The number of carbonyl (C=O) groups is 2. The number of hydrogen-bond donors (Lipinski definition) is 1. The highest BCUT2D eigenvalue weighted by atomic mass is 19.3. The Bertz CT molecular complexity index is 548. The third kappa shape index (κ3) is 4.26. The topological polar surface area (TPSA) is 57.6 Å². The Kier molecular flexibility index (Phi) is 5.46. The summed E-state index contributed by atoms with van der Waals surface area (Å²) < 4.78 is 25.4. The van der Waals surface area contributed by atoms with Crippen molar-refractivity contribution < 1.29 is 23.5 Å². The second kappa shape index (κ2) is 7.33. The molecule has 1 unspecified atom stereocenters. The van der Waals surface area contributed by atoms with Crippen molar-refractivity contribution in [1.29, 1.82) is 0 Å². The number of aliphatic carboxylic acids is 1. The summed E-state index contributed by atoms with van der Waals surface area (Å²) in [5, 5.41) is 8.73. The van der Waals surface area contributed by atoms with Crippen molar-refractivity contribution in [2.75, 3.05) is 13.1 Å². The maximum atomic E-state index is 12.7. The van der Waals surface area contributed by atoms with E-state index in [9.17, 15) is 18.4 Å². The Morgan fingerprint density at radius 3 is 2.82 bits per heavy atom. The first-order chi connectivity index (χ1) is 10.5. The van der Waals surface area contributed by atoms with Crippen molar-refractivity contribution in [3.05, 3.63) is 35.4 Å². The summed E-state index contributed by atoms with van der Waals surface area (Å²) in [4.78, 5) is 24.7. The van der Waals surface area contributed by atoms with Crippen LogP contribution in [0, 0.1) is 5.92 Å². The predicted molar refractivity (Wildman–Crippen MR) is 76.9 cm³/mol. The van der Waals surface area contributed by atoms with E-state index in [4.69, 9.17) is 5.11 Å². The fourth-order valence-corrected chi connectivity index (χ4v) is 2.80. The standard InChI is InChI=1S/C16H19F2NO3/c17-15(18)12-4-1-5-13(9-12)16(22)19-8-2-3-11(10-19)6-7-14(20)21/h1,4-5,9,11,15H,2-3,6-8,10H2,(H,20,21). The molecule has 1 fully saturated rings. The van der Waals surface area contributed by atoms with Gasteiger partial charge in [-0.25, -0.2) is 8.78 Å². The number of likely N-dealkylation sites (tertiary alicyclic amines) is 1. The van der Waals surface area contributed by atoms with Crippen LogP contribution in [0.1, 0.15) is 48.0 Å². The summed E-state index contributed by atoms with van der Waals surface area (Å²) >= 11 is 0. The van der Waals surface area contributed by atoms with Crippen LogP contribution in [0.3, 0.4) is 0 Å². The first kappa shape index (κ1) is 16.4. The number of amides is 1. The zero-order chi connectivity index (χ0) is 16.1. The van der Waals surface area contributed by atoms with Gasteiger partial charge in [0.15, 0.2) is 0 Å². The van der Waals surface area contributed by atoms with Gasteiger partial charge in [0.2, 0.25) is 0 Å². The van der Waals surface area contributed by atoms with Gasteiger partial charge in [0.25, 0.3) is 12.3 Å². The second-order valence-corrected chi connectivity index (χ2v) is 5.62. The van der Waals surface area contributed by atoms with Crippen LogP contribution in [0.2, 0.25) is 0 Å². The van der Waals surface area contributed by atoms with Crippen molar-refractivity contribution in [2.45, 2.75) is 32.1 Å². The Morgan fingerprint density at radius 1 is 1.36 bits per heavy atom. The monoisotopic (exact) mass is 311 g/mol. The van der Waals surface area contributed by atoms with Crippen LogP contribution in [0.5, 0.6) is 0 Å². The summed E-state index contributed by atoms with van der Waals surface area (Å²) in [6.07, 6.45) is -0.264. The van der Waals surface area contributed by atoms with Crippen LogP contribution in [0.4, 0.5) is 8.78 Å². The lowest BCUT2D eigenvalue weighted by atomic mass is 9.93. The molecule has 0 aromatic heterocycles. The van der Waals surface area contributed by atoms with E-state index in [1.165, 1.54) is 24.3 Å². The van der Waals surface area contributed by atoms with Crippen LogP contribution >= 0.6 is 0 Å². The van der Waals surface area contributed by atoms with Gasteiger partial charge in [0.1, 0.15) is 0 Å². The number of hydrogen-bond acceptors (Lipinski definition) is 2. The van der Waals surface area contributed by atoms with Gasteiger partial charge in [0, 0.05) is 30.6 Å². The number of alkyl halides is 2. The van der Waals surface area contributed by atoms with Crippen LogP contribution < -0.4 is 0 Å². The predicted octanol–water partition coefficient (Wildman–Crippen LogP) is 3.34. The van der Waals surface area contributed by atoms with Crippen molar-refractivity contribution in [3.63, 3.8) is 0 Å². The number of piperidine rings is 1. The summed E-state index contributed by atoms with van der Waals surface area (Å²) in [6, 6.07) is 5.52. The fraction of sp³-hybridized carbons (Fsp3) is 0.500. The summed E-state index contributed by atoms with van der Waals surface area (Å²) in [7, 11) is 0. The molecule has 1 atom stereocenters. The fourth-order valence-electron chi connectivity index (χ4n) is 2.80. The van der Waals surface area contributed by atoms with Gasteiger partial charge in [-0.3, -0.25) is 9.59 Å². The minimum Gasteiger partial charge on any atom is -0.481 e. The Hall–Kier alpha value is -1.98. The third-order valence-corrected chi connectivity index (χ3v) is 3.96. The molecule has 1 aliphatic heterocycles. The molecule has 0 spiro atoms. The molecule has 4 nitrogen and oxygen atoms in total. The highest BCUT2D eigenvalue weighted by Gasteiger charge is 2.25. The summed E-state index contributed by atoms with van der Waals surface area (Å²) in [5.41, 5.74) is 0.0990. The van der Waals surface area contributed by atoms with Gasteiger partial charge in [-0.15, -0.1) is 0 Å². The third-order valence-electron chi connectivity index (χ3n) is 3.96. The molecular formula is C16H19F2NO3. The number of rotatable bonds is 5. The number of carboxylic acid groups (broad SMARTS) is 1. The largest absolute Gasteiger partial charge is 0.481 e. The van der Waals surface area contributed by atoms with Crippen molar-refractivity contribution in [2.24, 2.45) is 5.92 Å². The van der Waals surface area contributed by atoms with E-state index in [1.54, 1.807) is 4.90 Å². The second-order valence-electron chi connectivity index (χ2n) is 5.62. The van der Waals surface area contributed by atoms with E-state index in [2.05, 4.69) is 0 Å². The molecule has 1 aromatic carbocycles. The van der Waals surface area contributed by atoms with Gasteiger partial charge in [-0.05, 0) is 37.3 Å². The zero-order valence-corrected chi connectivity index (χ0v) is 12.2. The molecule has 0 radical (unpaired) electrons. The molecule has 0 bridgehead atoms.